The number of benzene rings is 1. The summed E-state index contributed by atoms with van der Waals surface area (Å²) in [6, 6.07) is 2.25. The van der Waals surface area contributed by atoms with Crippen LogP contribution in [0.5, 0.6) is 5.75 Å². The van der Waals surface area contributed by atoms with E-state index >= 15 is 0 Å². The molecule has 1 aromatic heterocycles. The predicted octanol–water partition coefficient (Wildman–Crippen LogP) is 4.56. The molecule has 1 aromatic carbocycles. The van der Waals surface area contributed by atoms with Gasteiger partial charge in [-0.15, -0.1) is 0 Å². The number of nitrogens with zero attached hydrogens (tertiary/aromatic N) is 3. The van der Waals surface area contributed by atoms with E-state index in [9.17, 15) is 13.6 Å². The zero-order chi connectivity index (χ0) is 23.9. The van der Waals surface area contributed by atoms with Crippen molar-refractivity contribution in [3.8, 4) is 17.2 Å². The molecule has 1 atom stereocenters. The van der Waals surface area contributed by atoms with Crippen LogP contribution in [0.25, 0.3) is 17.0 Å². The van der Waals surface area contributed by atoms with Crippen molar-refractivity contribution in [2.45, 2.75) is 40.2 Å². The molecule has 4 rings (SSSR count). The van der Waals surface area contributed by atoms with Crippen LogP contribution in [0.15, 0.2) is 34.4 Å². The molecule has 2 aromatic rings. The molecule has 2 heterocycles. The third-order valence-corrected chi connectivity index (χ3v) is 6.43. The van der Waals surface area contributed by atoms with Gasteiger partial charge in [0.05, 0.1) is 12.0 Å². The number of allylic oxidation sites excluding steroid dienone is 3. The molecule has 0 radical (unpaired) electrons. The number of carbonyl (C=O) groups is 1. The number of ether oxygens (including phenoxy) is 1. The first-order valence-corrected chi connectivity index (χ1v) is 11.0. The minimum atomic E-state index is -0.830. The van der Waals surface area contributed by atoms with Crippen LogP contribution in [-0.2, 0) is 4.79 Å². The Labute approximate surface area is 190 Å². The molecule has 1 fully saturated rings. The normalized spacial score (nSPS) is 19.1. The monoisotopic (exact) mass is 459 g/mol. The van der Waals surface area contributed by atoms with Crippen LogP contribution in [0.2, 0.25) is 0 Å². The van der Waals surface area contributed by atoms with Crippen molar-refractivity contribution in [1.82, 2.24) is 15.0 Å². The van der Waals surface area contributed by atoms with Gasteiger partial charge in [-0.3, -0.25) is 9.69 Å². The number of rotatable bonds is 8. The van der Waals surface area contributed by atoms with Crippen LogP contribution in [0.3, 0.4) is 0 Å². The maximum atomic E-state index is 14.5. The molecule has 1 aliphatic heterocycles. The average Bonchev–Trinajstić information content (AvgIpc) is 3.30. The quantitative estimate of drug-likeness (QED) is 0.619. The molecular formula is C24H27F2N3O4. The summed E-state index contributed by atoms with van der Waals surface area (Å²) >= 11 is 0. The highest BCUT2D eigenvalue weighted by Crippen LogP contribution is 2.45. The number of aliphatic carboxylic acids is 1. The van der Waals surface area contributed by atoms with Gasteiger partial charge < -0.3 is 14.4 Å². The Bertz CT molecular complexity index is 1110. The second-order valence-electron chi connectivity index (χ2n) is 9.16. The molecule has 0 amide bonds. The third-order valence-electron chi connectivity index (χ3n) is 6.43. The van der Waals surface area contributed by atoms with E-state index in [4.69, 9.17) is 14.4 Å². The molecule has 1 saturated heterocycles. The molecule has 0 bridgehead atoms. The summed E-state index contributed by atoms with van der Waals surface area (Å²) in [5.41, 5.74) is 1.65. The van der Waals surface area contributed by atoms with E-state index in [0.717, 1.165) is 23.3 Å². The number of carboxylic acids is 1. The van der Waals surface area contributed by atoms with E-state index in [0.29, 0.717) is 31.9 Å². The van der Waals surface area contributed by atoms with E-state index in [1.165, 1.54) is 0 Å². The SMILES string of the molecule is CC[C@H](C)Oc1c(F)cc(-c2nc(C3=CC=C(CN4CC(C(=O)O)C4)C3(C)C)no2)cc1F. The van der Waals surface area contributed by atoms with E-state index in [1.54, 1.807) is 6.92 Å². The van der Waals surface area contributed by atoms with Gasteiger partial charge in [-0.05, 0) is 31.1 Å². The highest BCUT2D eigenvalue weighted by molar-refractivity contribution is 5.75. The fraction of sp³-hybridized carbons (Fsp3) is 0.458. The fourth-order valence-corrected chi connectivity index (χ4v) is 4.00. The van der Waals surface area contributed by atoms with Gasteiger partial charge in [-0.2, -0.15) is 4.98 Å². The van der Waals surface area contributed by atoms with Gasteiger partial charge in [0.1, 0.15) is 0 Å². The lowest BCUT2D eigenvalue weighted by atomic mass is 9.79. The summed E-state index contributed by atoms with van der Waals surface area (Å²) < 4.78 is 39.7. The zero-order valence-corrected chi connectivity index (χ0v) is 19.1. The fourth-order valence-electron chi connectivity index (χ4n) is 4.00. The van der Waals surface area contributed by atoms with E-state index in [-0.39, 0.29) is 23.5 Å². The van der Waals surface area contributed by atoms with Gasteiger partial charge in [0.25, 0.3) is 5.89 Å². The van der Waals surface area contributed by atoms with Crippen molar-refractivity contribution in [2.75, 3.05) is 19.6 Å². The van der Waals surface area contributed by atoms with Gasteiger partial charge in [0, 0.05) is 36.2 Å². The Kier molecular flexibility index (Phi) is 6.09. The number of aromatic nitrogens is 2. The molecule has 0 saturated carbocycles. The lowest BCUT2D eigenvalue weighted by Gasteiger charge is -2.39. The van der Waals surface area contributed by atoms with E-state index < -0.39 is 28.8 Å². The topological polar surface area (TPSA) is 88.7 Å². The van der Waals surface area contributed by atoms with Gasteiger partial charge in [0.2, 0.25) is 0 Å². The maximum Gasteiger partial charge on any atom is 0.309 e. The maximum absolute atomic E-state index is 14.5. The lowest BCUT2D eigenvalue weighted by Crippen LogP contribution is -2.51. The molecule has 176 valence electrons. The summed E-state index contributed by atoms with van der Waals surface area (Å²) in [6.45, 7) is 9.37. The van der Waals surface area contributed by atoms with Crippen molar-refractivity contribution < 1.29 is 27.9 Å². The summed E-state index contributed by atoms with van der Waals surface area (Å²) in [6.07, 6.45) is 4.19. The predicted molar refractivity (Wildman–Crippen MR) is 117 cm³/mol. The largest absolute Gasteiger partial charge is 0.485 e. The minimum Gasteiger partial charge on any atom is -0.485 e. The first-order valence-electron chi connectivity index (χ1n) is 11.0. The molecule has 1 aliphatic carbocycles. The van der Waals surface area contributed by atoms with Gasteiger partial charge in [0.15, 0.2) is 23.2 Å². The number of carboxylic acid groups (broad SMARTS) is 1. The Balaban J connectivity index is 1.48. The highest BCUT2D eigenvalue weighted by Gasteiger charge is 2.39. The average molecular weight is 459 g/mol. The number of hydrogen-bond donors (Lipinski definition) is 1. The van der Waals surface area contributed by atoms with Gasteiger partial charge in [-0.1, -0.05) is 38.1 Å². The number of hydrogen-bond acceptors (Lipinski definition) is 6. The molecule has 0 spiro atoms. The van der Waals surface area contributed by atoms with Crippen molar-refractivity contribution in [1.29, 1.82) is 0 Å². The van der Waals surface area contributed by atoms with E-state index in [1.807, 2.05) is 32.9 Å². The second-order valence-corrected chi connectivity index (χ2v) is 9.16. The summed E-state index contributed by atoms with van der Waals surface area (Å²) in [5, 5.41) is 13.1. The molecule has 7 nitrogen and oxygen atoms in total. The minimum absolute atomic E-state index is 0.00934. The molecule has 9 heteroatoms. The first kappa shape index (κ1) is 23.1. The summed E-state index contributed by atoms with van der Waals surface area (Å²) in [5.74, 6) is -2.81. The summed E-state index contributed by atoms with van der Waals surface area (Å²) in [4.78, 5) is 17.5. The van der Waals surface area contributed by atoms with Crippen LogP contribution >= 0.6 is 0 Å². The molecular weight excluding hydrogens is 432 g/mol. The van der Waals surface area contributed by atoms with Crippen molar-refractivity contribution in [2.24, 2.45) is 11.3 Å². The third kappa shape index (κ3) is 4.42. The Morgan fingerprint density at radius 3 is 2.58 bits per heavy atom. The highest BCUT2D eigenvalue weighted by atomic mass is 19.1. The molecule has 1 N–H and O–H groups in total. The van der Waals surface area contributed by atoms with Crippen LogP contribution in [-0.4, -0.2) is 51.9 Å². The zero-order valence-electron chi connectivity index (χ0n) is 19.1. The van der Waals surface area contributed by atoms with Crippen LogP contribution in [0, 0.1) is 23.0 Å². The Hall–Kier alpha value is -3.07. The number of likely N-dealkylation sites (tertiary alicyclic amines) is 1. The van der Waals surface area contributed by atoms with Crippen LogP contribution in [0.4, 0.5) is 8.78 Å². The standard InChI is InChI=1S/C24H27F2N3O4/c1-5-13(2)32-20-18(25)8-14(9-19(20)26)22-27-21(28-33-22)17-7-6-16(24(17,3)4)12-29-10-15(11-29)23(30)31/h6-9,13,15H,5,10-12H2,1-4H3,(H,30,31)/t13-/m0/s1. The smallest absolute Gasteiger partial charge is 0.309 e. The Morgan fingerprint density at radius 2 is 1.97 bits per heavy atom. The van der Waals surface area contributed by atoms with Crippen molar-refractivity contribution in [3.63, 3.8) is 0 Å². The van der Waals surface area contributed by atoms with Crippen molar-refractivity contribution in [3.05, 3.63) is 47.3 Å². The van der Waals surface area contributed by atoms with E-state index in [2.05, 4.69) is 15.0 Å². The van der Waals surface area contributed by atoms with Crippen molar-refractivity contribution >= 4 is 11.5 Å². The van der Waals surface area contributed by atoms with Gasteiger partial charge in [-0.25, -0.2) is 8.78 Å². The molecule has 2 aliphatic rings. The summed E-state index contributed by atoms with van der Waals surface area (Å²) in [7, 11) is 0. The van der Waals surface area contributed by atoms with Gasteiger partial charge >= 0.3 is 5.97 Å². The van der Waals surface area contributed by atoms with Crippen LogP contribution in [0.1, 0.15) is 39.9 Å². The first-order chi connectivity index (χ1) is 15.6. The molecule has 0 unspecified atom stereocenters. The van der Waals surface area contributed by atoms with Crippen LogP contribution < -0.4 is 4.74 Å². The lowest BCUT2D eigenvalue weighted by molar-refractivity contribution is -0.147. The number of halogens is 2. The second kappa shape index (κ2) is 8.70. The molecule has 33 heavy (non-hydrogen) atoms. The Morgan fingerprint density at radius 1 is 1.30 bits per heavy atom.